The Labute approximate surface area is 91.9 Å². The molecule has 4 nitrogen and oxygen atoms in total. The largest absolute Gasteiger partial charge is 0.481 e. The fourth-order valence-electron chi connectivity index (χ4n) is 1.99. The normalized spacial score (nSPS) is 25.5. The molecule has 1 heterocycles. The summed E-state index contributed by atoms with van der Waals surface area (Å²) in [6, 6.07) is 0.447. The van der Waals surface area contributed by atoms with Crippen molar-refractivity contribution in [2.24, 2.45) is 5.41 Å². The molecule has 88 valence electrons. The lowest BCUT2D eigenvalue weighted by Crippen LogP contribution is -2.53. The van der Waals surface area contributed by atoms with Crippen LogP contribution in [0.2, 0.25) is 0 Å². The highest BCUT2D eigenvalue weighted by atomic mass is 16.4. The van der Waals surface area contributed by atoms with Crippen LogP contribution >= 0.6 is 0 Å². The maximum Gasteiger partial charge on any atom is 0.310 e. The summed E-state index contributed by atoms with van der Waals surface area (Å²) in [6.45, 7) is 9.40. The lowest BCUT2D eigenvalue weighted by atomic mass is 9.92. The number of rotatable bonds is 3. The Balaban J connectivity index is 2.55. The van der Waals surface area contributed by atoms with Crippen molar-refractivity contribution < 1.29 is 9.90 Å². The molecular weight excluding hydrogens is 192 g/mol. The van der Waals surface area contributed by atoms with Gasteiger partial charge in [0.1, 0.15) is 0 Å². The zero-order valence-corrected chi connectivity index (χ0v) is 10.2. The van der Waals surface area contributed by atoms with E-state index in [4.69, 9.17) is 5.11 Å². The molecule has 1 rings (SSSR count). The molecule has 4 heteroatoms. The van der Waals surface area contributed by atoms with Crippen LogP contribution in [-0.2, 0) is 4.79 Å². The number of likely N-dealkylation sites (N-methyl/N-ethyl adjacent to an activating group) is 1. The fraction of sp³-hybridized carbons (Fsp3) is 0.909. The Morgan fingerprint density at radius 2 is 2.07 bits per heavy atom. The van der Waals surface area contributed by atoms with Crippen molar-refractivity contribution in [3.63, 3.8) is 0 Å². The molecule has 1 aliphatic rings. The Hall–Kier alpha value is -0.610. The number of nitrogens with zero attached hydrogens (tertiary/aromatic N) is 2. The molecule has 0 aromatic rings. The molecular formula is C11H22N2O2. The zero-order chi connectivity index (χ0) is 11.6. The van der Waals surface area contributed by atoms with Gasteiger partial charge in [0.15, 0.2) is 0 Å². The number of aliphatic carboxylic acids is 1. The first-order valence-corrected chi connectivity index (χ1v) is 5.49. The summed E-state index contributed by atoms with van der Waals surface area (Å²) in [6.07, 6.45) is 0. The summed E-state index contributed by atoms with van der Waals surface area (Å²) in [5.41, 5.74) is -0.649. The van der Waals surface area contributed by atoms with Gasteiger partial charge in [0.05, 0.1) is 5.41 Å². The van der Waals surface area contributed by atoms with Crippen molar-refractivity contribution in [1.29, 1.82) is 0 Å². The summed E-state index contributed by atoms with van der Waals surface area (Å²) in [7, 11) is 2.11. The molecule has 0 aromatic heterocycles. The topological polar surface area (TPSA) is 43.8 Å². The first-order valence-electron chi connectivity index (χ1n) is 5.49. The van der Waals surface area contributed by atoms with Crippen molar-refractivity contribution in [1.82, 2.24) is 9.80 Å². The maximum atomic E-state index is 11.0. The summed E-state index contributed by atoms with van der Waals surface area (Å²) < 4.78 is 0. The molecule has 1 fully saturated rings. The molecule has 1 saturated heterocycles. The summed E-state index contributed by atoms with van der Waals surface area (Å²) >= 11 is 0. The van der Waals surface area contributed by atoms with Crippen LogP contribution in [-0.4, -0.2) is 60.1 Å². The van der Waals surface area contributed by atoms with E-state index in [-0.39, 0.29) is 0 Å². The maximum absolute atomic E-state index is 11.0. The third-order valence-corrected chi connectivity index (χ3v) is 3.15. The predicted octanol–water partition coefficient (Wildman–Crippen LogP) is 0.733. The van der Waals surface area contributed by atoms with Gasteiger partial charge in [0, 0.05) is 32.2 Å². The first kappa shape index (κ1) is 12.5. The van der Waals surface area contributed by atoms with Crippen LogP contribution in [0.5, 0.6) is 0 Å². The minimum Gasteiger partial charge on any atom is -0.481 e. The number of carbonyl (C=O) groups is 1. The van der Waals surface area contributed by atoms with Gasteiger partial charge >= 0.3 is 5.97 Å². The van der Waals surface area contributed by atoms with E-state index in [1.165, 1.54) is 0 Å². The van der Waals surface area contributed by atoms with Gasteiger partial charge in [-0.25, -0.2) is 0 Å². The van der Waals surface area contributed by atoms with E-state index in [0.29, 0.717) is 12.6 Å². The summed E-state index contributed by atoms with van der Waals surface area (Å²) in [4.78, 5) is 15.6. The smallest absolute Gasteiger partial charge is 0.310 e. The second-order valence-corrected chi connectivity index (χ2v) is 5.27. The van der Waals surface area contributed by atoms with Crippen LogP contribution in [0.15, 0.2) is 0 Å². The minimum absolute atomic E-state index is 0.447. The van der Waals surface area contributed by atoms with Gasteiger partial charge in [0.25, 0.3) is 0 Å². The Bertz CT molecular complexity index is 241. The lowest BCUT2D eigenvalue weighted by Gasteiger charge is -2.40. The zero-order valence-electron chi connectivity index (χ0n) is 10.2. The fourth-order valence-corrected chi connectivity index (χ4v) is 1.99. The molecule has 0 bridgehead atoms. The third-order valence-electron chi connectivity index (χ3n) is 3.15. The van der Waals surface area contributed by atoms with Crippen LogP contribution in [0.1, 0.15) is 20.8 Å². The molecule has 1 unspecified atom stereocenters. The monoisotopic (exact) mass is 214 g/mol. The van der Waals surface area contributed by atoms with Crippen molar-refractivity contribution >= 4 is 5.97 Å². The van der Waals surface area contributed by atoms with E-state index in [0.717, 1.165) is 19.6 Å². The number of hydrogen-bond donors (Lipinski definition) is 1. The highest BCUT2D eigenvalue weighted by Gasteiger charge is 2.32. The van der Waals surface area contributed by atoms with Crippen molar-refractivity contribution in [3.8, 4) is 0 Å². The highest BCUT2D eigenvalue weighted by molar-refractivity contribution is 5.73. The molecule has 15 heavy (non-hydrogen) atoms. The number of piperazine rings is 1. The number of carboxylic acid groups (broad SMARTS) is 1. The van der Waals surface area contributed by atoms with Crippen LogP contribution in [0.3, 0.4) is 0 Å². The average molecular weight is 214 g/mol. The van der Waals surface area contributed by atoms with E-state index in [1.54, 1.807) is 13.8 Å². The van der Waals surface area contributed by atoms with Gasteiger partial charge in [-0.1, -0.05) is 0 Å². The van der Waals surface area contributed by atoms with Crippen molar-refractivity contribution in [3.05, 3.63) is 0 Å². The van der Waals surface area contributed by atoms with Gasteiger partial charge in [-0.2, -0.15) is 0 Å². The van der Waals surface area contributed by atoms with Crippen LogP contribution < -0.4 is 0 Å². The third kappa shape index (κ3) is 3.18. The van der Waals surface area contributed by atoms with Crippen molar-refractivity contribution in [2.75, 3.05) is 33.2 Å². The van der Waals surface area contributed by atoms with Crippen LogP contribution in [0, 0.1) is 5.41 Å². The molecule has 1 aliphatic heterocycles. The summed E-state index contributed by atoms with van der Waals surface area (Å²) in [5.74, 6) is -0.714. The van der Waals surface area contributed by atoms with Crippen LogP contribution in [0.25, 0.3) is 0 Å². The van der Waals surface area contributed by atoms with Gasteiger partial charge in [-0.3, -0.25) is 9.69 Å². The summed E-state index contributed by atoms with van der Waals surface area (Å²) in [5, 5.41) is 9.07. The lowest BCUT2D eigenvalue weighted by molar-refractivity contribution is -0.148. The Morgan fingerprint density at radius 1 is 1.47 bits per heavy atom. The van der Waals surface area contributed by atoms with E-state index in [1.807, 2.05) is 0 Å². The first-order chi connectivity index (χ1) is 6.83. The van der Waals surface area contributed by atoms with Gasteiger partial charge in [0.2, 0.25) is 0 Å². The Kier molecular flexibility index (Phi) is 3.73. The van der Waals surface area contributed by atoms with E-state index in [9.17, 15) is 4.79 Å². The minimum atomic E-state index is -0.714. The second kappa shape index (κ2) is 4.49. The Morgan fingerprint density at radius 3 is 2.53 bits per heavy atom. The molecule has 0 radical (unpaired) electrons. The molecule has 0 aliphatic carbocycles. The number of carboxylic acids is 1. The van der Waals surface area contributed by atoms with Crippen LogP contribution in [0.4, 0.5) is 0 Å². The van der Waals surface area contributed by atoms with Gasteiger partial charge in [-0.05, 0) is 27.8 Å². The highest BCUT2D eigenvalue weighted by Crippen LogP contribution is 2.20. The van der Waals surface area contributed by atoms with Gasteiger partial charge in [-0.15, -0.1) is 0 Å². The quantitative estimate of drug-likeness (QED) is 0.752. The van der Waals surface area contributed by atoms with Crippen molar-refractivity contribution in [2.45, 2.75) is 26.8 Å². The second-order valence-electron chi connectivity index (χ2n) is 5.27. The van der Waals surface area contributed by atoms with Gasteiger partial charge < -0.3 is 10.0 Å². The van der Waals surface area contributed by atoms with E-state index < -0.39 is 11.4 Å². The molecule has 1 N–H and O–H groups in total. The SMILES string of the molecule is CC1CN(C)CCN1CC(C)(C)C(=O)O. The van der Waals surface area contributed by atoms with E-state index in [2.05, 4.69) is 23.8 Å². The predicted molar refractivity (Wildman–Crippen MR) is 59.9 cm³/mol. The standard InChI is InChI=1S/C11H22N2O2/c1-9-7-12(4)5-6-13(9)8-11(2,3)10(14)15/h9H,5-8H2,1-4H3,(H,14,15). The molecule has 1 atom stereocenters. The average Bonchev–Trinajstić information content (AvgIpc) is 2.09. The van der Waals surface area contributed by atoms with E-state index >= 15 is 0 Å². The number of hydrogen-bond acceptors (Lipinski definition) is 3. The molecule has 0 saturated carbocycles. The molecule has 0 aromatic carbocycles. The molecule has 0 spiro atoms. The molecule has 0 amide bonds.